The first kappa shape index (κ1) is 25.0. The van der Waals surface area contributed by atoms with Crippen molar-refractivity contribution in [3.63, 3.8) is 0 Å². The molecule has 0 aromatic heterocycles. The summed E-state index contributed by atoms with van der Waals surface area (Å²) >= 11 is 0. The van der Waals surface area contributed by atoms with E-state index >= 15 is 0 Å². The summed E-state index contributed by atoms with van der Waals surface area (Å²) in [5.41, 5.74) is 0.873. The molecule has 0 aliphatic heterocycles. The van der Waals surface area contributed by atoms with Crippen molar-refractivity contribution in [2.75, 3.05) is 37.7 Å². The van der Waals surface area contributed by atoms with Crippen molar-refractivity contribution < 1.29 is 19.4 Å². The van der Waals surface area contributed by atoms with E-state index in [1.165, 1.54) is 37.8 Å². The van der Waals surface area contributed by atoms with Crippen LogP contribution in [0, 0.1) is 0 Å². The van der Waals surface area contributed by atoms with Crippen LogP contribution in [0.2, 0.25) is 0 Å². The molecule has 0 radical (unpaired) electrons. The van der Waals surface area contributed by atoms with Gasteiger partial charge >= 0.3 is 12.1 Å². The number of anilines is 1. The van der Waals surface area contributed by atoms with Crippen LogP contribution in [0.25, 0.3) is 0 Å². The third-order valence-electron chi connectivity index (χ3n) is 4.88. The summed E-state index contributed by atoms with van der Waals surface area (Å²) in [6.07, 6.45) is 7.03. The summed E-state index contributed by atoms with van der Waals surface area (Å²) in [6, 6.07) is 6.36. The van der Waals surface area contributed by atoms with Crippen LogP contribution in [0.5, 0.6) is 0 Å². The van der Waals surface area contributed by atoms with Gasteiger partial charge in [-0.15, -0.1) is 0 Å². The molecule has 6 nitrogen and oxygen atoms in total. The first-order valence-corrected chi connectivity index (χ1v) is 11.0. The van der Waals surface area contributed by atoms with Crippen molar-refractivity contribution in [3.05, 3.63) is 29.8 Å². The second-order valence-electron chi connectivity index (χ2n) is 7.37. The normalized spacial score (nSPS) is 10.9. The van der Waals surface area contributed by atoms with Gasteiger partial charge in [-0.25, -0.2) is 9.59 Å². The fourth-order valence-electron chi connectivity index (χ4n) is 3.05. The third kappa shape index (κ3) is 9.79. The van der Waals surface area contributed by atoms with E-state index in [0.717, 1.165) is 38.9 Å². The molecule has 29 heavy (non-hydrogen) atoms. The number of carboxylic acid groups (broad SMARTS) is 1. The number of benzene rings is 1. The Kier molecular flexibility index (Phi) is 12.8. The third-order valence-corrected chi connectivity index (χ3v) is 4.88. The van der Waals surface area contributed by atoms with Crippen molar-refractivity contribution in [2.24, 2.45) is 0 Å². The average molecular weight is 407 g/mol. The maximum atomic E-state index is 12.6. The molecular formula is C23H38N2O4. The molecular weight excluding hydrogens is 368 g/mol. The number of nitrogens with zero attached hydrogens (tertiary/aromatic N) is 2. The van der Waals surface area contributed by atoms with E-state index in [4.69, 9.17) is 9.84 Å². The highest BCUT2D eigenvalue weighted by Crippen LogP contribution is 2.18. The Morgan fingerprint density at radius 1 is 0.828 bits per heavy atom. The summed E-state index contributed by atoms with van der Waals surface area (Å²) in [6.45, 7) is 10.6. The molecule has 0 fully saturated rings. The van der Waals surface area contributed by atoms with Gasteiger partial charge in [0.15, 0.2) is 0 Å². The summed E-state index contributed by atoms with van der Waals surface area (Å²) in [5, 5.41) is 9.05. The highest BCUT2D eigenvalue weighted by molar-refractivity contribution is 5.90. The summed E-state index contributed by atoms with van der Waals surface area (Å²) in [5.74, 6) is -0.977. The van der Waals surface area contributed by atoms with E-state index in [1.807, 2.05) is 0 Å². The summed E-state index contributed by atoms with van der Waals surface area (Å²) in [4.78, 5) is 27.7. The van der Waals surface area contributed by atoms with E-state index in [0.29, 0.717) is 18.8 Å². The molecule has 1 aromatic rings. The Bertz CT molecular complexity index is 581. The number of hydrogen-bond acceptors (Lipinski definition) is 4. The van der Waals surface area contributed by atoms with E-state index in [9.17, 15) is 9.59 Å². The molecule has 1 amide bonds. The van der Waals surface area contributed by atoms with Crippen molar-refractivity contribution in [1.29, 1.82) is 0 Å². The van der Waals surface area contributed by atoms with E-state index in [-0.39, 0.29) is 11.7 Å². The number of unbranched alkanes of at least 4 members (excludes halogenated alkanes) is 3. The van der Waals surface area contributed by atoms with E-state index in [1.54, 1.807) is 17.0 Å². The highest BCUT2D eigenvalue weighted by Gasteiger charge is 2.17. The zero-order valence-corrected chi connectivity index (χ0v) is 18.4. The van der Waals surface area contributed by atoms with Crippen molar-refractivity contribution in [2.45, 2.75) is 65.7 Å². The maximum Gasteiger partial charge on any atom is 0.414 e. The fraction of sp³-hybridized carbons (Fsp3) is 0.652. The average Bonchev–Trinajstić information content (AvgIpc) is 2.73. The molecule has 1 aromatic carbocycles. The molecule has 0 spiro atoms. The number of aromatic carboxylic acids is 1. The van der Waals surface area contributed by atoms with Gasteiger partial charge in [0, 0.05) is 18.8 Å². The lowest BCUT2D eigenvalue weighted by molar-refractivity contribution is 0.0697. The molecule has 0 heterocycles. The minimum Gasteiger partial charge on any atom is -0.478 e. The van der Waals surface area contributed by atoms with E-state index in [2.05, 4.69) is 25.7 Å². The van der Waals surface area contributed by atoms with Gasteiger partial charge in [0.2, 0.25) is 0 Å². The standard InChI is InChI=1S/C23H38N2O4/c1-4-7-15-24(16-8-5-2)17-10-19-29-23(28)25(18-9-6-3)21-13-11-20(12-14-21)22(26)27/h11-14H,4-10,15-19H2,1-3H3,(H,26,27). The van der Waals surface area contributed by atoms with Gasteiger partial charge in [-0.3, -0.25) is 4.90 Å². The number of hydrogen-bond donors (Lipinski definition) is 1. The van der Waals surface area contributed by atoms with Crippen LogP contribution in [0.1, 0.15) is 76.1 Å². The monoisotopic (exact) mass is 406 g/mol. The predicted molar refractivity (Wildman–Crippen MR) is 118 cm³/mol. The summed E-state index contributed by atoms with van der Waals surface area (Å²) < 4.78 is 5.54. The van der Waals surface area contributed by atoms with Gasteiger partial charge in [0.1, 0.15) is 0 Å². The van der Waals surface area contributed by atoms with Gasteiger partial charge in [-0.1, -0.05) is 40.0 Å². The number of carbonyl (C=O) groups excluding carboxylic acids is 1. The Balaban J connectivity index is 2.57. The molecule has 164 valence electrons. The van der Waals surface area contributed by atoms with Gasteiger partial charge < -0.3 is 14.7 Å². The molecule has 0 bridgehead atoms. The first-order valence-electron chi connectivity index (χ1n) is 11.0. The predicted octanol–water partition coefficient (Wildman–Crippen LogP) is 5.42. The topological polar surface area (TPSA) is 70.1 Å². The van der Waals surface area contributed by atoms with Crippen LogP contribution >= 0.6 is 0 Å². The smallest absolute Gasteiger partial charge is 0.414 e. The van der Waals surface area contributed by atoms with Crippen LogP contribution < -0.4 is 4.90 Å². The second-order valence-corrected chi connectivity index (χ2v) is 7.37. The van der Waals surface area contributed by atoms with Crippen molar-refractivity contribution >= 4 is 17.7 Å². The molecule has 0 atom stereocenters. The van der Waals surface area contributed by atoms with Crippen LogP contribution in [0.3, 0.4) is 0 Å². The number of rotatable bonds is 15. The SMILES string of the molecule is CCCCN(CCCC)CCCOC(=O)N(CCCC)c1ccc(C(=O)O)cc1. The van der Waals surface area contributed by atoms with Gasteiger partial charge in [-0.05, 0) is 63.0 Å². The Morgan fingerprint density at radius 2 is 1.34 bits per heavy atom. The summed E-state index contributed by atoms with van der Waals surface area (Å²) in [7, 11) is 0. The lowest BCUT2D eigenvalue weighted by Gasteiger charge is -2.24. The largest absolute Gasteiger partial charge is 0.478 e. The molecule has 0 aliphatic carbocycles. The highest BCUT2D eigenvalue weighted by atomic mass is 16.6. The van der Waals surface area contributed by atoms with Crippen molar-refractivity contribution in [3.8, 4) is 0 Å². The lowest BCUT2D eigenvalue weighted by Crippen LogP contribution is -2.33. The number of carboxylic acids is 1. The van der Waals surface area contributed by atoms with Crippen LogP contribution in [0.15, 0.2) is 24.3 Å². The first-order chi connectivity index (χ1) is 14.0. The minimum atomic E-state index is -0.977. The van der Waals surface area contributed by atoms with Crippen LogP contribution in [-0.2, 0) is 4.74 Å². The number of carbonyl (C=O) groups is 2. The Hall–Kier alpha value is -2.08. The van der Waals surface area contributed by atoms with Crippen molar-refractivity contribution in [1.82, 2.24) is 4.90 Å². The second kappa shape index (κ2) is 14.9. The maximum absolute atomic E-state index is 12.6. The van der Waals surface area contributed by atoms with Gasteiger partial charge in [-0.2, -0.15) is 0 Å². The van der Waals surface area contributed by atoms with Gasteiger partial charge in [0.05, 0.1) is 12.2 Å². The Labute approximate surface area is 175 Å². The molecule has 1 N–H and O–H groups in total. The minimum absolute atomic E-state index is 0.205. The number of ether oxygens (including phenoxy) is 1. The zero-order valence-electron chi connectivity index (χ0n) is 18.4. The zero-order chi connectivity index (χ0) is 21.5. The molecule has 0 saturated heterocycles. The quantitative estimate of drug-likeness (QED) is 0.394. The Morgan fingerprint density at radius 3 is 1.86 bits per heavy atom. The van der Waals surface area contributed by atoms with Gasteiger partial charge in [0.25, 0.3) is 0 Å². The molecule has 0 unspecified atom stereocenters. The fourth-order valence-corrected chi connectivity index (χ4v) is 3.05. The lowest BCUT2D eigenvalue weighted by atomic mass is 10.2. The molecule has 1 rings (SSSR count). The van der Waals surface area contributed by atoms with E-state index < -0.39 is 5.97 Å². The molecule has 6 heteroatoms. The number of amides is 1. The van der Waals surface area contributed by atoms with Crippen LogP contribution in [-0.4, -0.2) is 54.9 Å². The molecule has 0 saturated carbocycles. The molecule has 0 aliphatic rings. The van der Waals surface area contributed by atoms with Crippen LogP contribution in [0.4, 0.5) is 10.5 Å².